The number of hydrogen-bond donors (Lipinski definition) is 8. The molecule has 0 unspecified atom stereocenters. The summed E-state index contributed by atoms with van der Waals surface area (Å²) >= 11 is 19.8. The monoisotopic (exact) mass is 1480 g/mol. The largest absolute Gasteiger partial charge is 0.477 e. The quantitative estimate of drug-likeness (QED) is 0.0501. The summed E-state index contributed by atoms with van der Waals surface area (Å²) < 4.78 is 52.4. The lowest BCUT2D eigenvalue weighted by Gasteiger charge is -2.25. The van der Waals surface area contributed by atoms with E-state index in [0.29, 0.717) is 55.5 Å². The average Bonchev–Trinajstić information content (AvgIpc) is 1.61. The molecule has 25 heteroatoms. The molecule has 6 aliphatic rings. The summed E-state index contributed by atoms with van der Waals surface area (Å²) in [5.74, 6) is -1.04. The van der Waals surface area contributed by atoms with E-state index in [9.17, 15) is 30.0 Å². The third-order valence-electron chi connectivity index (χ3n) is 19.9. The Morgan fingerprint density at radius 2 is 0.810 bits per heavy atom. The number of ether oxygens (including phenoxy) is 9. The lowest BCUT2D eigenvalue weighted by atomic mass is 9.95. The first-order valence-corrected chi connectivity index (χ1v) is 35.0. The van der Waals surface area contributed by atoms with Crippen LogP contribution in [-0.2, 0) is 28.4 Å². The van der Waals surface area contributed by atoms with Crippen molar-refractivity contribution >= 4 is 79.8 Å². The molecule has 6 saturated heterocycles. The van der Waals surface area contributed by atoms with Crippen LogP contribution in [0.4, 0.5) is 0 Å². The number of aromatic nitrogens is 6. The highest BCUT2D eigenvalue weighted by Crippen LogP contribution is 2.44. The number of H-pyrrole nitrogens is 3. The zero-order valence-corrected chi connectivity index (χ0v) is 58.0. The van der Waals surface area contributed by atoms with Crippen LogP contribution in [0.15, 0.2) is 182 Å². The summed E-state index contributed by atoms with van der Waals surface area (Å²) in [5, 5.41) is 41.5. The third-order valence-corrected chi connectivity index (χ3v) is 20.7. The number of benzene rings is 6. The number of fused-ring (bicyclic) bond motifs is 6. The van der Waals surface area contributed by atoms with Gasteiger partial charge in [-0.25, -0.2) is 19.7 Å². The number of carbonyl (C=O) groups excluding carboxylic acids is 1. The lowest BCUT2D eigenvalue weighted by Crippen LogP contribution is -2.45. The van der Waals surface area contributed by atoms with Gasteiger partial charge in [0.05, 0.1) is 93.9 Å². The number of hydrogen-bond acceptors (Lipinski definition) is 17. The van der Waals surface area contributed by atoms with E-state index in [4.69, 9.17) is 93.1 Å². The minimum absolute atomic E-state index is 0. The molecule has 12 atom stereocenters. The van der Waals surface area contributed by atoms with Gasteiger partial charge in [0.1, 0.15) is 76.6 Å². The van der Waals surface area contributed by atoms with E-state index in [0.717, 1.165) is 66.8 Å². The summed E-state index contributed by atoms with van der Waals surface area (Å²) in [7, 11) is 0. The zero-order chi connectivity index (χ0) is 71.7. The van der Waals surface area contributed by atoms with Crippen molar-refractivity contribution in [2.75, 3.05) is 39.6 Å². The molecule has 0 saturated carbocycles. The number of aliphatic hydroxyl groups is 3. The molecule has 105 heavy (non-hydrogen) atoms. The Morgan fingerprint density at radius 3 is 1.24 bits per heavy atom. The van der Waals surface area contributed by atoms with Gasteiger partial charge in [0, 0.05) is 22.3 Å². The van der Waals surface area contributed by atoms with E-state index in [-0.39, 0.29) is 87.2 Å². The average molecular weight is 1480 g/mol. The fourth-order valence-electron chi connectivity index (χ4n) is 14.4. The normalized spacial score (nSPS) is 24.1. The molecule has 6 aromatic carbocycles. The lowest BCUT2D eigenvalue weighted by molar-refractivity contribution is -0.0621. The highest BCUT2D eigenvalue weighted by atomic mass is 35.5. The number of primary amides is 1. The second kappa shape index (κ2) is 29.3. The van der Waals surface area contributed by atoms with Crippen molar-refractivity contribution in [3.63, 3.8) is 0 Å². The van der Waals surface area contributed by atoms with Gasteiger partial charge in [0.2, 0.25) is 11.8 Å². The van der Waals surface area contributed by atoms with E-state index in [2.05, 4.69) is 44.2 Å². The number of halogens is 3. The molecule has 0 radical (unpaired) electrons. The van der Waals surface area contributed by atoms with Crippen LogP contribution in [0.3, 0.4) is 0 Å². The van der Waals surface area contributed by atoms with Crippen molar-refractivity contribution in [3.8, 4) is 84.8 Å². The number of aliphatic hydroxyl groups excluding tert-OH is 3. The second-order valence-corrected chi connectivity index (χ2v) is 27.7. The molecule has 22 nitrogen and oxygen atoms in total. The van der Waals surface area contributed by atoms with Crippen molar-refractivity contribution in [1.29, 1.82) is 0 Å². The molecule has 6 aromatic heterocycles. The number of aromatic amines is 3. The van der Waals surface area contributed by atoms with Crippen LogP contribution in [0.5, 0.6) is 17.6 Å². The molecule has 18 rings (SSSR count). The molecule has 0 aliphatic carbocycles. The molecule has 9 N–H and O–H groups in total. The molecule has 6 fully saturated rings. The van der Waals surface area contributed by atoms with E-state index >= 15 is 0 Å². The van der Waals surface area contributed by atoms with Gasteiger partial charge < -0.3 is 83.7 Å². The Labute approximate surface area is 616 Å². The van der Waals surface area contributed by atoms with Gasteiger partial charge in [-0.05, 0) is 65.4 Å². The van der Waals surface area contributed by atoms with Crippen LogP contribution < -0.4 is 19.9 Å². The number of nitrogens with one attached hydrogen (secondary N) is 3. The van der Waals surface area contributed by atoms with Crippen molar-refractivity contribution < 1.29 is 72.6 Å². The number of pyridine rings is 3. The summed E-state index contributed by atoms with van der Waals surface area (Å²) in [6.45, 7) is 5.06. The van der Waals surface area contributed by atoms with Gasteiger partial charge in [-0.15, -0.1) is 0 Å². The predicted octanol–water partition coefficient (Wildman–Crippen LogP) is 13.5. The van der Waals surface area contributed by atoms with Crippen molar-refractivity contribution in [2.45, 2.75) is 94.0 Å². The topological polar surface area (TPSA) is 310 Å². The minimum atomic E-state index is -1.19. The van der Waals surface area contributed by atoms with Gasteiger partial charge in [0.25, 0.3) is 5.91 Å². The first kappa shape index (κ1) is 70.9. The number of nitrogens with zero attached hydrogens (tertiary/aromatic N) is 3. The van der Waals surface area contributed by atoms with Crippen molar-refractivity contribution in [2.24, 2.45) is 5.73 Å². The molecule has 538 valence electrons. The summed E-state index contributed by atoms with van der Waals surface area (Å²) in [6, 6.07) is 59.4. The fourth-order valence-corrected chi connectivity index (χ4v) is 15.2. The number of nitrogens with two attached hydrogens (primary N) is 1. The molecular weight excluding hydrogens is 1410 g/mol. The van der Waals surface area contributed by atoms with Crippen molar-refractivity contribution in [3.05, 3.63) is 214 Å². The highest BCUT2D eigenvalue weighted by molar-refractivity contribution is 6.35. The number of carboxylic acid groups (broad SMARTS) is 1. The molecule has 6 aliphatic heterocycles. The van der Waals surface area contributed by atoms with Gasteiger partial charge >= 0.3 is 5.97 Å². The van der Waals surface area contributed by atoms with Crippen LogP contribution in [0.2, 0.25) is 15.1 Å². The number of rotatable bonds is 14. The van der Waals surface area contributed by atoms with Crippen LogP contribution in [0.1, 0.15) is 40.6 Å². The Morgan fingerprint density at radius 1 is 0.457 bits per heavy atom. The molecule has 12 aromatic rings. The number of aromatic carboxylic acids is 1. The van der Waals surface area contributed by atoms with E-state index in [1.807, 2.05) is 153 Å². The van der Waals surface area contributed by atoms with E-state index in [1.54, 1.807) is 19.1 Å². The van der Waals surface area contributed by atoms with E-state index in [1.165, 1.54) is 5.56 Å². The number of aryl methyl sites for hydroxylation is 1. The van der Waals surface area contributed by atoms with Gasteiger partial charge in [0.15, 0.2) is 24.2 Å². The third kappa shape index (κ3) is 13.6. The van der Waals surface area contributed by atoms with Crippen LogP contribution in [0, 0.1) is 6.92 Å². The first-order valence-electron chi connectivity index (χ1n) is 33.8. The van der Waals surface area contributed by atoms with Crippen LogP contribution in [0.25, 0.3) is 100 Å². The Balaban J connectivity index is 0.000000126. The zero-order valence-electron chi connectivity index (χ0n) is 55.7. The molecule has 0 bridgehead atoms. The van der Waals surface area contributed by atoms with Gasteiger partial charge in [-0.1, -0.05) is 206 Å². The maximum absolute atomic E-state index is 12.5. The number of carboxylic acids is 1. The second-order valence-electron chi connectivity index (χ2n) is 26.4. The molecule has 0 spiro atoms. The van der Waals surface area contributed by atoms with Crippen LogP contribution in [-0.4, -0.2) is 175 Å². The highest BCUT2D eigenvalue weighted by Gasteiger charge is 2.58. The molecule has 12 heterocycles. The maximum Gasteiger partial charge on any atom is 0.343 e. The van der Waals surface area contributed by atoms with Crippen molar-refractivity contribution in [1.82, 2.24) is 29.9 Å². The smallest absolute Gasteiger partial charge is 0.343 e. The number of amides is 1. The first-order chi connectivity index (χ1) is 50.4. The van der Waals surface area contributed by atoms with Crippen LogP contribution >= 0.6 is 34.8 Å². The maximum atomic E-state index is 12.5. The summed E-state index contributed by atoms with van der Waals surface area (Å²) in [5.41, 5.74) is 19.8. The summed E-state index contributed by atoms with van der Waals surface area (Å²) in [6.07, 6.45) is -5.57. The standard InChI is InChI=1S/C27H24ClN3O5.C26H21ClN2O6.C26H23ClN2O4.CH4/c1-27-20(32)13-34-24(27)19(12-35-27)36-26-21(25(29)33)23-18(30-26)11-17(28)22(31-23)16-9-7-15(8-10-16)14-5-3-2-4-6-14;27-16-10-17-22(29-21(16)15-8-6-14(7-9-15)13-4-2-1-3-5-13)20(26(31)32)25(28-17)35-19-12-34-23-18(30)11-33-24(19)23;1-14-22-19(28-26(14)33-21-13-32-24-20(30)12-31-25(21)24)11-18(27)23(29-22)17-9-7-16(8-10-17)15-5-3-2-4-6-15;/h2-11,19-20,24,30,32H,12-13H2,1H3,(H2,29,33);1-10,18-19,23-24,28,30H,11-12H2,(H,31,32);2-11,20-21,24-25,28,30H,12-13H2,1H3;1H4/t19-,20-,24-,27-;18-,19-,23-,24-;20-,21-,24-,25-;/m111./s1. The van der Waals surface area contributed by atoms with Gasteiger partial charge in [-0.2, -0.15) is 0 Å². The molecule has 1 amide bonds. The fraction of sp³-hybridized carbons (Fsp3) is 0.263. The number of carbonyl (C=O) groups is 2. The van der Waals surface area contributed by atoms with Gasteiger partial charge in [-0.3, -0.25) is 4.79 Å². The minimum Gasteiger partial charge on any atom is -0.477 e. The Bertz CT molecular complexity index is 5190. The van der Waals surface area contributed by atoms with E-state index < -0.39 is 66.3 Å². The molecular formula is C80H72Cl3N7O15. The predicted molar refractivity (Wildman–Crippen MR) is 397 cm³/mol. The summed E-state index contributed by atoms with van der Waals surface area (Å²) in [4.78, 5) is 48.3. The Hall–Kier alpha value is -9.76. The Kier molecular flexibility index (Phi) is 19.8. The SMILES string of the molecule is C.C[C@]12OC[C@@H](Oc3[nH]c4cc(Cl)c(-c5ccc(-c6ccccc6)cc5)nc4c3C(N)=O)[C@H]1OC[C@H]2O.Cc1c(O[C@@H]2CO[C@H]3[C@@H]2OC[C@H]3O)[nH]c2cc(Cl)c(-c3ccc(-c4ccccc4)cc3)nc12.O=C(O)c1c(O[C@@H]2CO[C@H]3[C@@H]2OC[C@H]3O)[nH]c2cc(Cl)c(-c3ccc(-c4ccccc4)cc3)nc12.